The predicted molar refractivity (Wildman–Crippen MR) is 70.2 cm³/mol. The van der Waals surface area contributed by atoms with Crippen LogP contribution in [0.25, 0.3) is 0 Å². The Bertz CT molecular complexity index is 474. The second-order valence-corrected chi connectivity index (χ2v) is 5.45. The van der Waals surface area contributed by atoms with Gasteiger partial charge in [0, 0.05) is 43.0 Å². The van der Waals surface area contributed by atoms with Crippen LogP contribution >= 0.6 is 11.3 Å². The SMILES string of the molecule is Cc1cnc(C(C)NCCc2ccnn2C)s1. The van der Waals surface area contributed by atoms with Gasteiger partial charge in [0.15, 0.2) is 0 Å². The Labute approximate surface area is 106 Å². The molecule has 0 aromatic carbocycles. The lowest BCUT2D eigenvalue weighted by molar-refractivity contribution is 0.562. The first-order valence-corrected chi connectivity index (χ1v) is 6.61. The van der Waals surface area contributed by atoms with E-state index in [0.717, 1.165) is 18.0 Å². The zero-order valence-corrected chi connectivity index (χ0v) is 11.3. The maximum absolute atomic E-state index is 4.39. The molecule has 5 heteroatoms. The number of thiazole rings is 1. The van der Waals surface area contributed by atoms with Crippen molar-refractivity contribution >= 4 is 11.3 Å². The van der Waals surface area contributed by atoms with Crippen molar-refractivity contribution in [3.05, 3.63) is 34.0 Å². The normalized spacial score (nSPS) is 12.9. The van der Waals surface area contributed by atoms with E-state index in [1.165, 1.54) is 10.6 Å². The van der Waals surface area contributed by atoms with Crippen molar-refractivity contribution in [3.63, 3.8) is 0 Å². The van der Waals surface area contributed by atoms with Gasteiger partial charge in [-0.2, -0.15) is 5.10 Å². The average Bonchev–Trinajstić information content (AvgIpc) is 2.88. The summed E-state index contributed by atoms with van der Waals surface area (Å²) in [5, 5.41) is 8.80. The molecule has 0 saturated heterocycles. The Balaban J connectivity index is 1.81. The van der Waals surface area contributed by atoms with Gasteiger partial charge < -0.3 is 5.32 Å². The zero-order valence-electron chi connectivity index (χ0n) is 10.5. The van der Waals surface area contributed by atoms with Crippen LogP contribution in [0.15, 0.2) is 18.5 Å². The molecule has 0 aliphatic rings. The summed E-state index contributed by atoms with van der Waals surface area (Å²) in [6.45, 7) is 5.18. The fourth-order valence-electron chi connectivity index (χ4n) is 1.72. The Morgan fingerprint density at radius 2 is 2.35 bits per heavy atom. The maximum Gasteiger partial charge on any atom is 0.109 e. The first kappa shape index (κ1) is 12.3. The number of hydrogen-bond acceptors (Lipinski definition) is 4. The third-order valence-electron chi connectivity index (χ3n) is 2.76. The molecule has 2 rings (SSSR count). The fourth-order valence-corrected chi connectivity index (χ4v) is 2.52. The molecule has 0 aliphatic carbocycles. The van der Waals surface area contributed by atoms with Gasteiger partial charge in [0.05, 0.1) is 6.04 Å². The second-order valence-electron chi connectivity index (χ2n) is 4.18. The van der Waals surface area contributed by atoms with E-state index in [1.807, 2.05) is 24.1 Å². The quantitative estimate of drug-likeness (QED) is 0.883. The Hall–Kier alpha value is -1.20. The van der Waals surface area contributed by atoms with E-state index >= 15 is 0 Å². The third kappa shape index (κ3) is 3.14. The molecule has 2 aromatic heterocycles. The third-order valence-corrected chi connectivity index (χ3v) is 3.86. The van der Waals surface area contributed by atoms with E-state index in [4.69, 9.17) is 0 Å². The maximum atomic E-state index is 4.39. The first-order chi connectivity index (χ1) is 8.16. The molecule has 17 heavy (non-hydrogen) atoms. The van der Waals surface area contributed by atoms with Crippen molar-refractivity contribution in [1.82, 2.24) is 20.1 Å². The van der Waals surface area contributed by atoms with Crippen LogP contribution in [0.5, 0.6) is 0 Å². The van der Waals surface area contributed by atoms with Crippen LogP contribution in [0.2, 0.25) is 0 Å². The van der Waals surface area contributed by atoms with Gasteiger partial charge >= 0.3 is 0 Å². The largest absolute Gasteiger partial charge is 0.308 e. The van der Waals surface area contributed by atoms with Crippen molar-refractivity contribution in [2.75, 3.05) is 6.54 Å². The Kier molecular flexibility index (Phi) is 3.91. The number of hydrogen-bond donors (Lipinski definition) is 1. The van der Waals surface area contributed by atoms with Crippen LogP contribution in [0.3, 0.4) is 0 Å². The minimum absolute atomic E-state index is 0.321. The smallest absolute Gasteiger partial charge is 0.109 e. The molecule has 0 spiro atoms. The Morgan fingerprint density at radius 1 is 1.53 bits per heavy atom. The average molecular weight is 250 g/mol. The van der Waals surface area contributed by atoms with Crippen LogP contribution in [-0.2, 0) is 13.5 Å². The monoisotopic (exact) mass is 250 g/mol. The van der Waals surface area contributed by atoms with Crippen LogP contribution < -0.4 is 5.32 Å². The minimum Gasteiger partial charge on any atom is -0.308 e. The molecule has 0 amide bonds. The number of nitrogens with zero attached hydrogens (tertiary/aromatic N) is 3. The van der Waals surface area contributed by atoms with E-state index in [-0.39, 0.29) is 0 Å². The van der Waals surface area contributed by atoms with E-state index in [9.17, 15) is 0 Å². The number of nitrogens with one attached hydrogen (secondary N) is 1. The molecule has 0 fully saturated rings. The summed E-state index contributed by atoms with van der Waals surface area (Å²) >= 11 is 1.76. The summed E-state index contributed by atoms with van der Waals surface area (Å²) in [6, 6.07) is 2.38. The Morgan fingerprint density at radius 3 is 2.94 bits per heavy atom. The molecule has 1 N–H and O–H groups in total. The predicted octanol–water partition coefficient (Wildman–Crippen LogP) is 2.08. The van der Waals surface area contributed by atoms with Gasteiger partial charge in [-0.25, -0.2) is 4.98 Å². The highest BCUT2D eigenvalue weighted by Crippen LogP contribution is 2.18. The highest BCUT2D eigenvalue weighted by Gasteiger charge is 2.08. The topological polar surface area (TPSA) is 42.7 Å². The molecule has 4 nitrogen and oxygen atoms in total. The van der Waals surface area contributed by atoms with Gasteiger partial charge in [-0.3, -0.25) is 4.68 Å². The van der Waals surface area contributed by atoms with Crippen molar-refractivity contribution in [2.45, 2.75) is 26.3 Å². The van der Waals surface area contributed by atoms with Gasteiger partial charge in [-0.1, -0.05) is 0 Å². The lowest BCUT2D eigenvalue weighted by Gasteiger charge is -2.10. The molecule has 0 bridgehead atoms. The number of aryl methyl sites for hydroxylation is 2. The molecule has 1 atom stereocenters. The highest BCUT2D eigenvalue weighted by molar-refractivity contribution is 7.11. The second kappa shape index (κ2) is 5.42. The van der Waals surface area contributed by atoms with E-state index in [0.29, 0.717) is 6.04 Å². The van der Waals surface area contributed by atoms with Crippen LogP contribution in [0.4, 0.5) is 0 Å². The molecular weight excluding hydrogens is 232 g/mol. The molecule has 92 valence electrons. The molecule has 0 radical (unpaired) electrons. The minimum atomic E-state index is 0.321. The van der Waals surface area contributed by atoms with Crippen molar-refractivity contribution in [3.8, 4) is 0 Å². The molecule has 1 unspecified atom stereocenters. The van der Waals surface area contributed by atoms with Crippen LogP contribution in [0.1, 0.15) is 28.5 Å². The van der Waals surface area contributed by atoms with Gasteiger partial charge in [-0.15, -0.1) is 11.3 Å². The summed E-state index contributed by atoms with van der Waals surface area (Å²) in [4.78, 5) is 5.65. The van der Waals surface area contributed by atoms with E-state index in [1.54, 1.807) is 11.3 Å². The van der Waals surface area contributed by atoms with Crippen molar-refractivity contribution in [2.24, 2.45) is 7.05 Å². The van der Waals surface area contributed by atoms with E-state index in [2.05, 4.69) is 35.3 Å². The summed E-state index contributed by atoms with van der Waals surface area (Å²) < 4.78 is 1.92. The molecule has 2 heterocycles. The zero-order chi connectivity index (χ0) is 12.3. The number of aromatic nitrogens is 3. The molecular formula is C12H18N4S. The lowest BCUT2D eigenvalue weighted by Crippen LogP contribution is -2.22. The van der Waals surface area contributed by atoms with Crippen LogP contribution in [0, 0.1) is 6.92 Å². The van der Waals surface area contributed by atoms with E-state index < -0.39 is 0 Å². The fraction of sp³-hybridized carbons (Fsp3) is 0.500. The standard InChI is InChI=1S/C12H18N4S/c1-9-8-14-12(17-9)10(2)13-6-4-11-5-7-15-16(11)3/h5,7-8,10,13H,4,6H2,1-3H3. The van der Waals surface area contributed by atoms with Gasteiger partial charge in [0.2, 0.25) is 0 Å². The molecule has 0 saturated carbocycles. The van der Waals surface area contributed by atoms with Crippen LogP contribution in [-0.4, -0.2) is 21.3 Å². The summed E-state index contributed by atoms with van der Waals surface area (Å²) in [6.07, 6.45) is 4.76. The summed E-state index contributed by atoms with van der Waals surface area (Å²) in [5.41, 5.74) is 1.25. The van der Waals surface area contributed by atoms with Gasteiger partial charge in [-0.05, 0) is 19.9 Å². The van der Waals surface area contributed by atoms with Gasteiger partial charge in [0.25, 0.3) is 0 Å². The lowest BCUT2D eigenvalue weighted by atomic mass is 10.3. The molecule has 0 aliphatic heterocycles. The van der Waals surface area contributed by atoms with Crippen molar-refractivity contribution in [1.29, 1.82) is 0 Å². The van der Waals surface area contributed by atoms with Gasteiger partial charge in [0.1, 0.15) is 5.01 Å². The first-order valence-electron chi connectivity index (χ1n) is 5.79. The summed E-state index contributed by atoms with van der Waals surface area (Å²) in [5.74, 6) is 0. The number of rotatable bonds is 5. The highest BCUT2D eigenvalue weighted by atomic mass is 32.1. The summed E-state index contributed by atoms with van der Waals surface area (Å²) in [7, 11) is 1.98. The van der Waals surface area contributed by atoms with Crippen molar-refractivity contribution < 1.29 is 0 Å². The molecule has 2 aromatic rings.